The summed E-state index contributed by atoms with van der Waals surface area (Å²) in [5, 5.41) is 2.04. The van der Waals surface area contributed by atoms with Crippen LogP contribution in [0.4, 0.5) is 0 Å². The summed E-state index contributed by atoms with van der Waals surface area (Å²) in [5.41, 5.74) is 0. The molecule has 1 atom stereocenters. The van der Waals surface area contributed by atoms with Gasteiger partial charge in [0.25, 0.3) is 0 Å². The van der Waals surface area contributed by atoms with Gasteiger partial charge in [-0.05, 0) is 67.3 Å². The number of halogens is 4. The second-order valence-corrected chi connectivity index (χ2v) is 8.57. The van der Waals surface area contributed by atoms with E-state index in [9.17, 15) is 4.79 Å². The van der Waals surface area contributed by atoms with Gasteiger partial charge in [-0.15, -0.1) is 0 Å². The number of alkyl halides is 1. The highest BCUT2D eigenvalue weighted by atomic mass is 79.9. The average molecular weight is 558 g/mol. The van der Waals surface area contributed by atoms with Gasteiger partial charge in [0, 0.05) is 4.47 Å². The Hall–Kier alpha value is 0.0900. The van der Waals surface area contributed by atoms with Gasteiger partial charge in [0.05, 0.1) is 8.95 Å². The van der Waals surface area contributed by atoms with Gasteiger partial charge in [0.15, 0.2) is 5.75 Å². The Balaban J connectivity index is 2.31. The fourth-order valence-corrected chi connectivity index (χ4v) is 4.28. The van der Waals surface area contributed by atoms with Gasteiger partial charge in [-0.2, -0.15) is 0 Å². The molecule has 0 spiro atoms. The van der Waals surface area contributed by atoms with Crippen molar-refractivity contribution in [2.24, 2.45) is 0 Å². The van der Waals surface area contributed by atoms with Crippen molar-refractivity contribution in [1.82, 2.24) is 0 Å². The Bertz CT molecular complexity index is 700. The first kappa shape index (κ1) is 18.4. The van der Waals surface area contributed by atoms with E-state index in [4.69, 9.17) is 4.74 Å². The summed E-state index contributed by atoms with van der Waals surface area (Å²) < 4.78 is 8.10. The van der Waals surface area contributed by atoms with Gasteiger partial charge in [-0.1, -0.05) is 57.7 Å². The van der Waals surface area contributed by atoms with E-state index in [-0.39, 0.29) is 10.8 Å². The summed E-state index contributed by atoms with van der Waals surface area (Å²) in [6, 6.07) is 7.91. The predicted molar refractivity (Wildman–Crippen MR) is 105 cm³/mol. The predicted octanol–water partition coefficient (Wildman–Crippen LogP) is 6.99. The first-order valence-electron chi connectivity index (χ1n) is 6.87. The second-order valence-electron chi connectivity index (χ2n) is 4.90. The molecule has 118 valence electrons. The fourth-order valence-electron chi connectivity index (χ4n) is 2.04. The highest BCUT2D eigenvalue weighted by Crippen LogP contribution is 2.40. The molecular formula is C16H14Br4O2. The van der Waals surface area contributed by atoms with Crippen LogP contribution < -0.4 is 4.74 Å². The monoisotopic (exact) mass is 554 g/mol. The molecule has 0 fully saturated rings. The Morgan fingerprint density at radius 3 is 2.64 bits per heavy atom. The van der Waals surface area contributed by atoms with E-state index in [1.807, 2.05) is 24.3 Å². The van der Waals surface area contributed by atoms with Crippen molar-refractivity contribution in [3.05, 3.63) is 37.7 Å². The maximum absolute atomic E-state index is 12.2. The molecule has 22 heavy (non-hydrogen) atoms. The first-order chi connectivity index (χ1) is 10.4. The lowest BCUT2D eigenvalue weighted by Crippen LogP contribution is -2.20. The third-order valence-electron chi connectivity index (χ3n) is 3.22. The topological polar surface area (TPSA) is 26.3 Å². The third kappa shape index (κ3) is 4.34. The van der Waals surface area contributed by atoms with E-state index in [1.165, 1.54) is 0 Å². The molecule has 0 radical (unpaired) electrons. The van der Waals surface area contributed by atoms with Gasteiger partial charge in [-0.25, -0.2) is 0 Å². The zero-order chi connectivity index (χ0) is 16.3. The van der Waals surface area contributed by atoms with Crippen LogP contribution >= 0.6 is 63.7 Å². The molecule has 0 aliphatic carbocycles. The molecule has 2 nitrogen and oxygen atoms in total. The van der Waals surface area contributed by atoms with Crippen molar-refractivity contribution in [3.63, 3.8) is 0 Å². The number of ether oxygens (including phenoxy) is 1. The molecule has 0 aliphatic rings. The van der Waals surface area contributed by atoms with Crippen molar-refractivity contribution in [2.45, 2.75) is 31.0 Å². The third-order valence-corrected chi connectivity index (χ3v) is 5.92. The number of carbonyl (C=O) groups is 1. The normalized spacial score (nSPS) is 12.4. The van der Waals surface area contributed by atoms with Crippen molar-refractivity contribution >= 4 is 80.5 Å². The number of rotatable bonds is 5. The minimum absolute atomic E-state index is 0.272. The molecule has 0 aromatic heterocycles. The lowest BCUT2D eigenvalue weighted by Gasteiger charge is -2.14. The number of hydrogen-bond acceptors (Lipinski definition) is 2. The summed E-state index contributed by atoms with van der Waals surface area (Å²) in [6.45, 7) is 2.10. The Morgan fingerprint density at radius 2 is 1.95 bits per heavy atom. The summed E-state index contributed by atoms with van der Waals surface area (Å²) in [6.07, 6.45) is 2.80. The van der Waals surface area contributed by atoms with Crippen molar-refractivity contribution in [3.8, 4) is 5.75 Å². The Morgan fingerprint density at radius 1 is 1.23 bits per heavy atom. The van der Waals surface area contributed by atoms with Gasteiger partial charge in [0.1, 0.15) is 4.83 Å². The van der Waals surface area contributed by atoms with Crippen molar-refractivity contribution in [2.75, 3.05) is 0 Å². The van der Waals surface area contributed by atoms with Crippen LogP contribution in [0.5, 0.6) is 5.75 Å². The molecule has 6 heteroatoms. The molecule has 0 amide bonds. The molecule has 2 aromatic carbocycles. The summed E-state index contributed by atoms with van der Waals surface area (Å²) in [7, 11) is 0. The van der Waals surface area contributed by atoms with Gasteiger partial charge in [0.2, 0.25) is 0 Å². The van der Waals surface area contributed by atoms with E-state index in [1.54, 1.807) is 0 Å². The van der Waals surface area contributed by atoms with Crippen molar-refractivity contribution < 1.29 is 9.53 Å². The van der Waals surface area contributed by atoms with E-state index >= 15 is 0 Å². The van der Waals surface area contributed by atoms with E-state index in [0.29, 0.717) is 5.75 Å². The minimum Gasteiger partial charge on any atom is -0.423 e. The van der Waals surface area contributed by atoms with Crippen LogP contribution in [-0.4, -0.2) is 10.8 Å². The number of hydrogen-bond donors (Lipinski definition) is 0. The molecule has 0 bridgehead atoms. The van der Waals surface area contributed by atoms with Gasteiger partial charge >= 0.3 is 5.97 Å². The van der Waals surface area contributed by atoms with Crippen LogP contribution in [0.25, 0.3) is 10.8 Å². The molecule has 0 saturated carbocycles. The summed E-state index contributed by atoms with van der Waals surface area (Å²) >= 11 is 13.9. The lowest BCUT2D eigenvalue weighted by atomic mass is 10.1. The van der Waals surface area contributed by atoms with Crippen LogP contribution in [0.15, 0.2) is 37.7 Å². The summed E-state index contributed by atoms with van der Waals surface area (Å²) in [5.74, 6) is 0.243. The highest BCUT2D eigenvalue weighted by molar-refractivity contribution is 9.11. The van der Waals surface area contributed by atoms with E-state index < -0.39 is 0 Å². The molecule has 0 unspecified atom stereocenters. The molecule has 0 saturated heterocycles. The maximum Gasteiger partial charge on any atom is 0.325 e. The largest absolute Gasteiger partial charge is 0.423 e. The van der Waals surface area contributed by atoms with Gasteiger partial charge in [-0.3, -0.25) is 4.79 Å². The molecule has 0 N–H and O–H groups in total. The molecule has 0 aliphatic heterocycles. The van der Waals surface area contributed by atoms with Crippen LogP contribution in [0.1, 0.15) is 26.2 Å². The van der Waals surface area contributed by atoms with E-state index in [2.05, 4.69) is 70.6 Å². The van der Waals surface area contributed by atoms with E-state index in [0.717, 1.165) is 43.5 Å². The quantitative estimate of drug-likeness (QED) is 0.225. The number of fused-ring (bicyclic) bond motifs is 1. The SMILES string of the molecule is CCCC[C@H](Br)C(=O)Oc1c(Br)cc2cc(Br)ccc2c1Br. The molecule has 2 aromatic rings. The highest BCUT2D eigenvalue weighted by Gasteiger charge is 2.20. The molecule has 2 rings (SSSR count). The molecule has 0 heterocycles. The van der Waals surface area contributed by atoms with Crippen molar-refractivity contribution in [1.29, 1.82) is 0 Å². The summed E-state index contributed by atoms with van der Waals surface area (Å²) in [4.78, 5) is 11.9. The minimum atomic E-state index is -0.285. The fraction of sp³-hybridized carbons (Fsp3) is 0.312. The van der Waals surface area contributed by atoms with Gasteiger partial charge < -0.3 is 4.74 Å². The maximum atomic E-state index is 12.2. The van der Waals surface area contributed by atoms with Crippen LogP contribution in [0.3, 0.4) is 0 Å². The van der Waals surface area contributed by atoms with Crippen LogP contribution in [0, 0.1) is 0 Å². The van der Waals surface area contributed by atoms with Crippen LogP contribution in [0.2, 0.25) is 0 Å². The lowest BCUT2D eigenvalue weighted by molar-refractivity contribution is -0.133. The number of carbonyl (C=O) groups excluding carboxylic acids is 1. The Labute approximate surface area is 163 Å². The standard InChI is InChI=1S/C16H14Br4O2/c1-2-3-4-12(18)16(21)22-15-13(19)8-9-7-10(17)5-6-11(9)14(15)20/h5-8,12H,2-4H2,1H3/t12-/m0/s1. The number of unbranched alkanes of at least 4 members (excludes halogenated alkanes) is 1. The first-order valence-corrected chi connectivity index (χ1v) is 10.2. The second kappa shape index (κ2) is 8.27. The molecular weight excluding hydrogens is 544 g/mol. The zero-order valence-electron chi connectivity index (χ0n) is 11.8. The number of benzene rings is 2. The number of esters is 1. The smallest absolute Gasteiger partial charge is 0.325 e. The Kier molecular flexibility index (Phi) is 6.92. The van der Waals surface area contributed by atoms with Crippen LogP contribution in [-0.2, 0) is 4.79 Å². The average Bonchev–Trinajstić information content (AvgIpc) is 2.48. The zero-order valence-corrected chi connectivity index (χ0v) is 18.2.